The van der Waals surface area contributed by atoms with Gasteiger partial charge in [-0.1, -0.05) is 18.2 Å². The van der Waals surface area contributed by atoms with Crippen LogP contribution in [0.4, 0.5) is 0 Å². The molecule has 2 aliphatic rings. The zero-order valence-corrected chi connectivity index (χ0v) is 11.9. The van der Waals surface area contributed by atoms with E-state index in [1.165, 1.54) is 24.0 Å². The molecule has 0 atom stereocenters. The average Bonchev–Trinajstić information content (AvgIpc) is 3.04. The Hall–Kier alpha value is -2.07. The summed E-state index contributed by atoms with van der Waals surface area (Å²) in [6.45, 7) is 2.47. The fourth-order valence-electron chi connectivity index (χ4n) is 2.99. The van der Waals surface area contributed by atoms with E-state index in [1.807, 2.05) is 18.3 Å². The van der Waals surface area contributed by atoms with E-state index >= 15 is 0 Å². The van der Waals surface area contributed by atoms with Crippen molar-refractivity contribution >= 4 is 5.91 Å². The van der Waals surface area contributed by atoms with Gasteiger partial charge in [-0.3, -0.25) is 4.79 Å². The van der Waals surface area contributed by atoms with E-state index in [9.17, 15) is 4.79 Å². The van der Waals surface area contributed by atoms with Crippen LogP contribution in [-0.4, -0.2) is 10.5 Å². The second-order valence-corrected chi connectivity index (χ2v) is 5.92. The Bertz CT molecular complexity index is 685. The number of nitrogens with zero attached hydrogens (tertiary/aromatic N) is 1. The largest absolute Gasteiger partial charge is 0.347 e. The third kappa shape index (κ3) is 2.47. The number of hydrogen-bond donors (Lipinski definition) is 2. The van der Waals surface area contributed by atoms with Crippen molar-refractivity contribution in [2.75, 3.05) is 0 Å². The molecule has 1 aliphatic heterocycles. The molecule has 4 heteroatoms. The lowest BCUT2D eigenvalue weighted by Gasteiger charge is -2.09. The van der Waals surface area contributed by atoms with Gasteiger partial charge in [-0.05, 0) is 41.7 Å². The van der Waals surface area contributed by atoms with Crippen molar-refractivity contribution in [1.82, 2.24) is 15.2 Å². The van der Waals surface area contributed by atoms with Gasteiger partial charge in [0.15, 0.2) is 0 Å². The maximum absolute atomic E-state index is 12.3. The number of carbonyl (C=O) groups excluding carboxylic acids is 1. The molecule has 1 aromatic heterocycles. The lowest BCUT2D eigenvalue weighted by atomic mass is 10.1. The summed E-state index contributed by atoms with van der Waals surface area (Å²) in [5.74, 6) is 0.0190. The minimum absolute atomic E-state index is 0.0190. The van der Waals surface area contributed by atoms with E-state index in [4.69, 9.17) is 0 Å². The predicted octanol–water partition coefficient (Wildman–Crippen LogP) is 2.36. The Labute approximate surface area is 124 Å². The van der Waals surface area contributed by atoms with E-state index in [1.54, 1.807) is 0 Å². The summed E-state index contributed by atoms with van der Waals surface area (Å²) in [5.41, 5.74) is 4.66. The van der Waals surface area contributed by atoms with Crippen LogP contribution in [-0.2, 0) is 19.6 Å². The number of nitrogens with one attached hydrogen (secondary N) is 2. The minimum Gasteiger partial charge on any atom is -0.347 e. The molecule has 1 aromatic carbocycles. The highest BCUT2D eigenvalue weighted by molar-refractivity contribution is 5.92. The summed E-state index contributed by atoms with van der Waals surface area (Å²) >= 11 is 0. The maximum Gasteiger partial charge on any atom is 0.268 e. The van der Waals surface area contributed by atoms with Crippen molar-refractivity contribution in [3.8, 4) is 0 Å². The second-order valence-electron chi connectivity index (χ2n) is 5.92. The van der Waals surface area contributed by atoms with Crippen LogP contribution in [0.1, 0.15) is 46.1 Å². The molecule has 21 heavy (non-hydrogen) atoms. The molecule has 2 heterocycles. The molecule has 0 saturated heterocycles. The molecule has 108 valence electrons. The Morgan fingerprint density at radius 3 is 2.95 bits per heavy atom. The molecule has 1 fully saturated rings. The van der Waals surface area contributed by atoms with Gasteiger partial charge in [-0.2, -0.15) is 0 Å². The lowest BCUT2D eigenvalue weighted by Crippen LogP contribution is -2.25. The van der Waals surface area contributed by atoms with E-state index < -0.39 is 0 Å². The zero-order chi connectivity index (χ0) is 14.2. The van der Waals surface area contributed by atoms with Crippen LogP contribution < -0.4 is 10.6 Å². The molecule has 4 nitrogen and oxygen atoms in total. The van der Waals surface area contributed by atoms with Gasteiger partial charge in [-0.25, -0.2) is 0 Å². The van der Waals surface area contributed by atoms with Crippen LogP contribution in [0.5, 0.6) is 0 Å². The van der Waals surface area contributed by atoms with Crippen molar-refractivity contribution < 1.29 is 4.79 Å². The SMILES string of the molecule is O=C(NCc1ccc2c(c1)CNC2)c1cccn1C1CC1. The third-order valence-electron chi connectivity index (χ3n) is 4.31. The van der Waals surface area contributed by atoms with Gasteiger partial charge in [0.05, 0.1) is 0 Å². The molecule has 2 N–H and O–H groups in total. The van der Waals surface area contributed by atoms with E-state index in [0.717, 1.165) is 24.3 Å². The maximum atomic E-state index is 12.3. The number of aromatic nitrogens is 1. The van der Waals surface area contributed by atoms with Gasteiger partial charge in [0.25, 0.3) is 5.91 Å². The molecular formula is C17H19N3O. The van der Waals surface area contributed by atoms with Gasteiger partial charge in [0, 0.05) is 31.9 Å². The van der Waals surface area contributed by atoms with Crippen molar-refractivity contribution in [1.29, 1.82) is 0 Å². The summed E-state index contributed by atoms with van der Waals surface area (Å²) < 4.78 is 2.10. The highest BCUT2D eigenvalue weighted by atomic mass is 16.1. The van der Waals surface area contributed by atoms with Gasteiger partial charge in [0.1, 0.15) is 5.69 Å². The van der Waals surface area contributed by atoms with Crippen LogP contribution in [0.2, 0.25) is 0 Å². The molecule has 0 radical (unpaired) electrons. The number of rotatable bonds is 4. The average molecular weight is 281 g/mol. The van der Waals surface area contributed by atoms with E-state index in [0.29, 0.717) is 12.6 Å². The first-order valence-electron chi connectivity index (χ1n) is 7.58. The fraction of sp³-hybridized carbons (Fsp3) is 0.353. The normalized spacial score (nSPS) is 16.8. The summed E-state index contributed by atoms with van der Waals surface area (Å²) in [6, 6.07) is 10.8. The third-order valence-corrected chi connectivity index (χ3v) is 4.31. The summed E-state index contributed by atoms with van der Waals surface area (Å²) in [5, 5.41) is 6.37. The van der Waals surface area contributed by atoms with Gasteiger partial charge >= 0.3 is 0 Å². The van der Waals surface area contributed by atoms with Crippen molar-refractivity contribution in [2.45, 2.75) is 38.5 Å². The molecule has 0 spiro atoms. The van der Waals surface area contributed by atoms with Crippen LogP contribution in [0, 0.1) is 0 Å². The zero-order valence-electron chi connectivity index (χ0n) is 11.9. The first-order chi connectivity index (χ1) is 10.3. The Kier molecular flexibility index (Phi) is 3.04. The fourth-order valence-corrected chi connectivity index (χ4v) is 2.99. The van der Waals surface area contributed by atoms with E-state index in [2.05, 4.69) is 33.4 Å². The number of carbonyl (C=O) groups is 1. The molecule has 1 saturated carbocycles. The standard InChI is InChI=1S/C17H19N3O/c21-17(16-2-1-7-20(16)15-5-6-15)19-9-12-3-4-13-10-18-11-14(13)8-12/h1-4,7-8,15,18H,5-6,9-11H2,(H,19,21). The monoisotopic (exact) mass is 281 g/mol. The minimum atomic E-state index is 0.0190. The smallest absolute Gasteiger partial charge is 0.268 e. The predicted molar refractivity (Wildman–Crippen MR) is 80.9 cm³/mol. The quantitative estimate of drug-likeness (QED) is 0.903. The van der Waals surface area contributed by atoms with Crippen LogP contribution >= 0.6 is 0 Å². The van der Waals surface area contributed by atoms with Gasteiger partial charge < -0.3 is 15.2 Å². The lowest BCUT2D eigenvalue weighted by molar-refractivity contribution is 0.0941. The van der Waals surface area contributed by atoms with Crippen LogP contribution in [0.3, 0.4) is 0 Å². The first kappa shape index (κ1) is 12.7. The van der Waals surface area contributed by atoms with Crippen molar-refractivity contribution in [3.05, 3.63) is 58.9 Å². The molecule has 0 unspecified atom stereocenters. The molecule has 2 aromatic rings. The molecule has 4 rings (SSSR count). The number of amides is 1. The molecular weight excluding hydrogens is 262 g/mol. The Morgan fingerprint density at radius 1 is 1.24 bits per heavy atom. The summed E-state index contributed by atoms with van der Waals surface area (Å²) in [6.07, 6.45) is 4.38. The van der Waals surface area contributed by atoms with E-state index in [-0.39, 0.29) is 5.91 Å². The van der Waals surface area contributed by atoms with Crippen molar-refractivity contribution in [2.24, 2.45) is 0 Å². The first-order valence-corrected chi connectivity index (χ1v) is 7.58. The highest BCUT2D eigenvalue weighted by Crippen LogP contribution is 2.35. The van der Waals surface area contributed by atoms with Gasteiger partial charge in [-0.15, -0.1) is 0 Å². The number of hydrogen-bond acceptors (Lipinski definition) is 2. The van der Waals surface area contributed by atoms with Gasteiger partial charge in [0.2, 0.25) is 0 Å². The van der Waals surface area contributed by atoms with Crippen molar-refractivity contribution in [3.63, 3.8) is 0 Å². The summed E-state index contributed by atoms with van der Waals surface area (Å²) in [4.78, 5) is 12.3. The van der Waals surface area contributed by atoms with Crippen LogP contribution in [0.25, 0.3) is 0 Å². The molecule has 0 bridgehead atoms. The topological polar surface area (TPSA) is 46.1 Å². The van der Waals surface area contributed by atoms with Crippen LogP contribution in [0.15, 0.2) is 36.5 Å². The number of benzene rings is 1. The Morgan fingerprint density at radius 2 is 2.10 bits per heavy atom. The second kappa shape index (κ2) is 5.04. The Balaban J connectivity index is 1.44. The highest BCUT2D eigenvalue weighted by Gasteiger charge is 2.26. The summed E-state index contributed by atoms with van der Waals surface area (Å²) in [7, 11) is 0. The molecule has 1 aliphatic carbocycles. The number of fused-ring (bicyclic) bond motifs is 1. The molecule has 1 amide bonds.